The number of hydrogen-bond acceptors (Lipinski definition) is 0. The van der Waals surface area contributed by atoms with Gasteiger partial charge in [-0.05, 0) is 48.7 Å². The summed E-state index contributed by atoms with van der Waals surface area (Å²) >= 11 is 0. The fraction of sp³-hybridized carbons (Fsp3) is 0.273. The normalized spacial score (nSPS) is 13.8. The molecule has 2 aromatic carbocycles. The third-order valence-corrected chi connectivity index (χ3v) is 8.06. The standard InChI is InChI=1S/C22H24P.Li/c1-17-11-5-9-15-20(17)23(21-16-10-6-12-18(21)2)22(3,4)19-13-7-8-14-19;/h5-12,15-16H,13H2,1-4H3;/q-1;+1. The minimum Gasteiger partial charge on any atom is -0.252 e. The molecule has 0 amide bonds. The van der Waals surface area contributed by atoms with Gasteiger partial charge in [-0.1, -0.05) is 68.8 Å². The molecule has 0 aliphatic heterocycles. The van der Waals surface area contributed by atoms with Crippen molar-refractivity contribution in [3.05, 3.63) is 83.5 Å². The summed E-state index contributed by atoms with van der Waals surface area (Å²) in [7, 11) is -0.486. The van der Waals surface area contributed by atoms with Crippen LogP contribution in [0.2, 0.25) is 0 Å². The Labute approximate surface area is 160 Å². The predicted molar refractivity (Wildman–Crippen MR) is 103 cm³/mol. The van der Waals surface area contributed by atoms with Gasteiger partial charge in [0.1, 0.15) is 0 Å². The molecule has 0 aromatic heterocycles. The van der Waals surface area contributed by atoms with Crippen molar-refractivity contribution in [1.82, 2.24) is 0 Å². The van der Waals surface area contributed by atoms with Gasteiger partial charge in [0.2, 0.25) is 0 Å². The Morgan fingerprint density at radius 1 is 0.875 bits per heavy atom. The first kappa shape index (κ1) is 19.3. The minimum atomic E-state index is -0.486. The molecule has 0 saturated heterocycles. The second kappa shape index (κ2) is 7.89. The smallest absolute Gasteiger partial charge is 0.252 e. The molecule has 3 rings (SSSR count). The summed E-state index contributed by atoms with van der Waals surface area (Å²) in [4.78, 5) is 0. The van der Waals surface area contributed by atoms with E-state index in [1.54, 1.807) is 0 Å². The molecule has 0 spiro atoms. The van der Waals surface area contributed by atoms with E-state index in [2.05, 4.69) is 94.5 Å². The SMILES string of the molecule is Cc1ccccc1P(c1ccccc1C)C(C)(C)C1=[C-]C=CC1.[Li+]. The molecule has 1 aliphatic rings. The third kappa shape index (κ3) is 3.63. The molecule has 118 valence electrons. The zero-order valence-corrected chi connectivity index (χ0v) is 16.3. The first-order valence-corrected chi connectivity index (χ1v) is 9.55. The Balaban J connectivity index is 0.00000208. The second-order valence-electron chi connectivity index (χ2n) is 6.70. The van der Waals surface area contributed by atoms with Crippen LogP contribution in [0, 0.1) is 19.9 Å². The summed E-state index contributed by atoms with van der Waals surface area (Å²) in [6.07, 6.45) is 8.85. The van der Waals surface area contributed by atoms with Crippen LogP contribution in [0.3, 0.4) is 0 Å². The maximum Gasteiger partial charge on any atom is 1.00 e. The van der Waals surface area contributed by atoms with Gasteiger partial charge in [0.05, 0.1) is 0 Å². The van der Waals surface area contributed by atoms with E-state index >= 15 is 0 Å². The number of aryl methyl sites for hydroxylation is 2. The Kier molecular flexibility index (Phi) is 6.33. The summed E-state index contributed by atoms with van der Waals surface area (Å²) in [5, 5.41) is 3.07. The van der Waals surface area contributed by atoms with Crippen molar-refractivity contribution < 1.29 is 18.9 Å². The average Bonchev–Trinajstić information content (AvgIpc) is 3.06. The van der Waals surface area contributed by atoms with Crippen molar-refractivity contribution in [2.24, 2.45) is 0 Å². The Hall–Kier alpha value is -1.05. The van der Waals surface area contributed by atoms with E-state index in [1.165, 1.54) is 27.3 Å². The molecule has 2 heteroatoms. The zero-order chi connectivity index (χ0) is 16.4. The average molecular weight is 326 g/mol. The van der Waals surface area contributed by atoms with Gasteiger partial charge < -0.3 is 0 Å². The zero-order valence-electron chi connectivity index (χ0n) is 15.4. The molecule has 1 aliphatic carbocycles. The van der Waals surface area contributed by atoms with Crippen LogP contribution in [0.15, 0.2) is 66.3 Å². The van der Waals surface area contributed by atoms with Gasteiger partial charge in [0.15, 0.2) is 0 Å². The first-order chi connectivity index (χ1) is 11.0. The summed E-state index contributed by atoms with van der Waals surface area (Å²) in [6, 6.07) is 17.7. The molecule has 0 N–H and O–H groups in total. The Morgan fingerprint density at radius 2 is 1.38 bits per heavy atom. The van der Waals surface area contributed by atoms with Crippen molar-refractivity contribution >= 4 is 18.5 Å². The van der Waals surface area contributed by atoms with E-state index in [0.29, 0.717) is 0 Å². The van der Waals surface area contributed by atoms with Crippen LogP contribution >= 0.6 is 7.92 Å². The summed E-state index contributed by atoms with van der Waals surface area (Å²) in [5.74, 6) is 0. The van der Waals surface area contributed by atoms with Gasteiger partial charge in [-0.2, -0.15) is 5.57 Å². The first-order valence-electron chi connectivity index (χ1n) is 8.21. The molecular weight excluding hydrogens is 302 g/mol. The molecule has 24 heavy (non-hydrogen) atoms. The van der Waals surface area contributed by atoms with Crippen LogP contribution in [-0.4, -0.2) is 5.16 Å². The molecule has 0 atom stereocenters. The second-order valence-corrected chi connectivity index (χ2v) is 9.45. The van der Waals surface area contributed by atoms with Crippen LogP contribution in [0.5, 0.6) is 0 Å². The van der Waals surface area contributed by atoms with Crippen molar-refractivity contribution in [2.75, 3.05) is 0 Å². The molecule has 0 saturated carbocycles. The van der Waals surface area contributed by atoms with Gasteiger partial charge in [0.25, 0.3) is 0 Å². The fourth-order valence-electron chi connectivity index (χ4n) is 3.32. The third-order valence-electron chi connectivity index (χ3n) is 4.71. The number of rotatable bonds is 4. The quantitative estimate of drug-likeness (QED) is 0.459. The van der Waals surface area contributed by atoms with Gasteiger partial charge in [-0.25, -0.2) is 12.2 Å². The van der Waals surface area contributed by atoms with Crippen molar-refractivity contribution in [3.8, 4) is 0 Å². The van der Waals surface area contributed by atoms with E-state index in [-0.39, 0.29) is 24.0 Å². The number of allylic oxidation sites excluding steroid dienone is 4. The van der Waals surface area contributed by atoms with E-state index in [1.807, 2.05) is 0 Å². The monoisotopic (exact) mass is 326 g/mol. The Morgan fingerprint density at radius 3 is 1.79 bits per heavy atom. The summed E-state index contributed by atoms with van der Waals surface area (Å²) < 4.78 is 0. The van der Waals surface area contributed by atoms with Gasteiger partial charge in [0, 0.05) is 0 Å². The van der Waals surface area contributed by atoms with Crippen LogP contribution in [-0.2, 0) is 0 Å². The van der Waals surface area contributed by atoms with E-state index < -0.39 is 7.92 Å². The van der Waals surface area contributed by atoms with Crippen LogP contribution in [0.4, 0.5) is 0 Å². The minimum absolute atomic E-state index is 0. The van der Waals surface area contributed by atoms with Crippen molar-refractivity contribution in [2.45, 2.75) is 39.3 Å². The fourth-order valence-corrected chi connectivity index (χ4v) is 6.53. The molecule has 0 radical (unpaired) electrons. The van der Waals surface area contributed by atoms with E-state index in [4.69, 9.17) is 0 Å². The molecule has 0 heterocycles. The van der Waals surface area contributed by atoms with Crippen LogP contribution in [0.25, 0.3) is 0 Å². The molecule has 0 fully saturated rings. The van der Waals surface area contributed by atoms with Crippen molar-refractivity contribution in [3.63, 3.8) is 0 Å². The van der Waals surface area contributed by atoms with Gasteiger partial charge >= 0.3 is 18.9 Å². The number of benzene rings is 2. The van der Waals surface area contributed by atoms with E-state index in [0.717, 1.165) is 6.42 Å². The van der Waals surface area contributed by atoms with Gasteiger partial charge in [-0.3, -0.25) is 6.08 Å². The molecular formula is C22H24LiP. The van der Waals surface area contributed by atoms with Crippen LogP contribution in [0.1, 0.15) is 31.4 Å². The summed E-state index contributed by atoms with van der Waals surface area (Å²) in [6.45, 7) is 9.27. The predicted octanol–water partition coefficient (Wildman–Crippen LogP) is 2.21. The van der Waals surface area contributed by atoms with E-state index in [9.17, 15) is 0 Å². The molecule has 0 unspecified atom stereocenters. The summed E-state index contributed by atoms with van der Waals surface area (Å²) in [5.41, 5.74) is 4.21. The topological polar surface area (TPSA) is 0 Å². The molecule has 2 aromatic rings. The largest absolute Gasteiger partial charge is 1.00 e. The van der Waals surface area contributed by atoms with Gasteiger partial charge in [-0.15, -0.1) is 0 Å². The van der Waals surface area contributed by atoms with Crippen molar-refractivity contribution in [1.29, 1.82) is 0 Å². The molecule has 0 nitrogen and oxygen atoms in total. The number of hydrogen-bond donors (Lipinski definition) is 0. The Bertz CT molecular complexity index is 726. The van der Waals surface area contributed by atoms with Crippen LogP contribution < -0.4 is 29.5 Å². The molecule has 0 bridgehead atoms. The maximum absolute atomic E-state index is 3.51. The maximum atomic E-state index is 3.51.